The summed E-state index contributed by atoms with van der Waals surface area (Å²) in [6, 6.07) is 7.44. The molecule has 0 spiro atoms. The number of benzene rings is 1. The van der Waals surface area contributed by atoms with Crippen molar-refractivity contribution in [1.82, 2.24) is 4.90 Å². The third-order valence-corrected chi connectivity index (χ3v) is 4.08. The molecule has 1 aliphatic rings. The van der Waals surface area contributed by atoms with Gasteiger partial charge in [-0.3, -0.25) is 4.79 Å². The number of carbonyl (C=O) groups excluding carboxylic acids is 1. The maximum absolute atomic E-state index is 12.6. The minimum absolute atomic E-state index is 0.00544. The maximum Gasteiger partial charge on any atom is 0.257 e. The van der Waals surface area contributed by atoms with Crippen LogP contribution in [0.15, 0.2) is 41.2 Å². The average molecular weight is 301 g/mol. The normalized spacial score (nSPS) is 17.5. The molecule has 1 saturated heterocycles. The van der Waals surface area contributed by atoms with Gasteiger partial charge in [0.1, 0.15) is 17.8 Å². The van der Waals surface area contributed by atoms with Crippen LogP contribution in [0.3, 0.4) is 0 Å². The van der Waals surface area contributed by atoms with Gasteiger partial charge >= 0.3 is 0 Å². The highest BCUT2D eigenvalue weighted by Gasteiger charge is 2.32. The van der Waals surface area contributed by atoms with Gasteiger partial charge in [-0.2, -0.15) is 0 Å². The summed E-state index contributed by atoms with van der Waals surface area (Å²) in [7, 11) is 3.26. The van der Waals surface area contributed by atoms with E-state index in [0.29, 0.717) is 5.56 Å². The summed E-state index contributed by atoms with van der Waals surface area (Å²) in [5, 5.41) is 0. The van der Waals surface area contributed by atoms with Gasteiger partial charge in [0.05, 0.1) is 32.1 Å². The quantitative estimate of drug-likeness (QED) is 0.869. The number of methoxy groups -OCH3 is 2. The van der Waals surface area contributed by atoms with E-state index >= 15 is 0 Å². The van der Waals surface area contributed by atoms with Gasteiger partial charge in [-0.1, -0.05) is 0 Å². The molecule has 3 rings (SSSR count). The zero-order valence-electron chi connectivity index (χ0n) is 12.7. The number of amides is 1. The molecule has 0 bridgehead atoms. The van der Waals surface area contributed by atoms with Crippen molar-refractivity contribution in [3.8, 4) is 11.5 Å². The molecule has 0 aliphatic carbocycles. The van der Waals surface area contributed by atoms with Gasteiger partial charge in [-0.05, 0) is 31.0 Å². The number of furan rings is 1. The minimum Gasteiger partial charge on any atom is -0.497 e. The molecule has 116 valence electrons. The Bertz CT molecular complexity index is 651. The lowest BCUT2D eigenvalue weighted by molar-refractivity contribution is 0.0733. The summed E-state index contributed by atoms with van der Waals surface area (Å²) in [4.78, 5) is 14.5. The van der Waals surface area contributed by atoms with Crippen LogP contribution in [0, 0.1) is 0 Å². The Kier molecular flexibility index (Phi) is 4.04. The molecule has 1 aromatic carbocycles. The van der Waals surface area contributed by atoms with Crippen molar-refractivity contribution in [2.45, 2.75) is 18.9 Å². The third-order valence-electron chi connectivity index (χ3n) is 4.08. The molecule has 0 N–H and O–H groups in total. The molecule has 0 unspecified atom stereocenters. The summed E-state index contributed by atoms with van der Waals surface area (Å²) in [6.07, 6.45) is 4.91. The van der Waals surface area contributed by atoms with Gasteiger partial charge in [-0.15, -0.1) is 0 Å². The summed E-state index contributed by atoms with van der Waals surface area (Å²) in [6.45, 7) is 0.740. The minimum atomic E-state index is -0.00544. The van der Waals surface area contributed by atoms with Gasteiger partial charge in [0.15, 0.2) is 0 Å². The monoisotopic (exact) mass is 301 g/mol. The fourth-order valence-electron chi connectivity index (χ4n) is 2.98. The molecule has 0 radical (unpaired) electrons. The van der Waals surface area contributed by atoms with Crippen LogP contribution in [0.25, 0.3) is 0 Å². The van der Waals surface area contributed by atoms with Gasteiger partial charge < -0.3 is 18.8 Å². The predicted octanol–water partition coefficient (Wildman–Crippen LogP) is 3.27. The van der Waals surface area contributed by atoms with Gasteiger partial charge in [0.2, 0.25) is 0 Å². The molecule has 2 heterocycles. The Morgan fingerprint density at radius 2 is 2.14 bits per heavy atom. The standard InChI is InChI=1S/C17H19NO4/c1-20-13-5-6-14(16(10-13)21-2)15-4-3-8-18(15)17(19)12-7-9-22-11-12/h5-7,9-11,15H,3-4,8H2,1-2H3/t15-/m0/s1. The van der Waals surface area contributed by atoms with E-state index in [4.69, 9.17) is 13.9 Å². The number of ether oxygens (including phenoxy) is 2. The van der Waals surface area contributed by atoms with Crippen molar-refractivity contribution in [2.24, 2.45) is 0 Å². The number of rotatable bonds is 4. The number of nitrogens with zero attached hydrogens (tertiary/aromatic N) is 1. The molecule has 0 saturated carbocycles. The van der Waals surface area contributed by atoms with E-state index < -0.39 is 0 Å². The maximum atomic E-state index is 12.6. The molecule has 1 aliphatic heterocycles. The van der Waals surface area contributed by atoms with Crippen molar-refractivity contribution in [3.63, 3.8) is 0 Å². The Morgan fingerprint density at radius 1 is 1.27 bits per heavy atom. The molecule has 22 heavy (non-hydrogen) atoms. The van der Waals surface area contributed by atoms with Gasteiger partial charge in [0, 0.05) is 18.2 Å². The van der Waals surface area contributed by atoms with Gasteiger partial charge in [-0.25, -0.2) is 0 Å². The molecule has 1 aromatic heterocycles. The van der Waals surface area contributed by atoms with Crippen molar-refractivity contribution in [2.75, 3.05) is 20.8 Å². The van der Waals surface area contributed by atoms with Crippen LogP contribution in [-0.4, -0.2) is 31.6 Å². The highest BCUT2D eigenvalue weighted by Crippen LogP contribution is 2.39. The first-order chi connectivity index (χ1) is 10.7. The smallest absolute Gasteiger partial charge is 0.257 e. The van der Waals surface area contributed by atoms with Crippen LogP contribution in [0.1, 0.15) is 34.8 Å². The molecule has 1 amide bonds. The fraction of sp³-hybridized carbons (Fsp3) is 0.353. The number of likely N-dealkylation sites (tertiary alicyclic amines) is 1. The van der Waals surface area contributed by atoms with Crippen LogP contribution in [-0.2, 0) is 0 Å². The molecule has 5 heteroatoms. The van der Waals surface area contributed by atoms with Crippen LogP contribution in [0.5, 0.6) is 11.5 Å². The molecule has 1 fully saturated rings. The topological polar surface area (TPSA) is 51.9 Å². The Labute approximate surface area is 129 Å². The molecular weight excluding hydrogens is 282 g/mol. The lowest BCUT2D eigenvalue weighted by Gasteiger charge is -2.26. The predicted molar refractivity (Wildman–Crippen MR) is 81.3 cm³/mol. The van der Waals surface area contributed by atoms with Crippen LogP contribution in [0.2, 0.25) is 0 Å². The highest BCUT2D eigenvalue weighted by atomic mass is 16.5. The first-order valence-corrected chi connectivity index (χ1v) is 7.29. The summed E-state index contributed by atoms with van der Waals surface area (Å²) in [5.41, 5.74) is 1.59. The second kappa shape index (κ2) is 6.13. The number of carbonyl (C=O) groups is 1. The van der Waals surface area contributed by atoms with Gasteiger partial charge in [0.25, 0.3) is 5.91 Å². The second-order valence-electron chi connectivity index (χ2n) is 5.28. The van der Waals surface area contributed by atoms with Crippen LogP contribution in [0.4, 0.5) is 0 Å². The summed E-state index contributed by atoms with van der Waals surface area (Å²) < 4.78 is 15.7. The Balaban J connectivity index is 1.91. The van der Waals surface area contributed by atoms with Crippen molar-refractivity contribution in [3.05, 3.63) is 47.9 Å². The number of hydrogen-bond acceptors (Lipinski definition) is 4. The average Bonchev–Trinajstić information content (AvgIpc) is 3.24. The Hall–Kier alpha value is -2.43. The fourth-order valence-corrected chi connectivity index (χ4v) is 2.98. The molecular formula is C17H19NO4. The second-order valence-corrected chi connectivity index (χ2v) is 5.28. The van der Waals surface area contributed by atoms with Crippen molar-refractivity contribution in [1.29, 1.82) is 0 Å². The van der Waals surface area contributed by atoms with E-state index in [1.54, 1.807) is 20.3 Å². The molecule has 2 aromatic rings. The van der Waals surface area contributed by atoms with E-state index in [9.17, 15) is 4.79 Å². The lowest BCUT2D eigenvalue weighted by Crippen LogP contribution is -2.30. The van der Waals surface area contributed by atoms with E-state index in [-0.39, 0.29) is 11.9 Å². The first kappa shape index (κ1) is 14.5. The highest BCUT2D eigenvalue weighted by molar-refractivity contribution is 5.94. The number of hydrogen-bond donors (Lipinski definition) is 0. The van der Waals surface area contributed by atoms with E-state index in [1.807, 2.05) is 23.1 Å². The first-order valence-electron chi connectivity index (χ1n) is 7.29. The SMILES string of the molecule is COc1ccc([C@@H]2CCCN2C(=O)c2ccoc2)c(OC)c1. The summed E-state index contributed by atoms with van der Waals surface area (Å²) >= 11 is 0. The summed E-state index contributed by atoms with van der Waals surface area (Å²) in [5.74, 6) is 1.48. The van der Waals surface area contributed by atoms with E-state index in [1.165, 1.54) is 12.5 Å². The van der Waals surface area contributed by atoms with E-state index in [0.717, 1.165) is 36.4 Å². The largest absolute Gasteiger partial charge is 0.497 e. The molecule has 1 atom stereocenters. The van der Waals surface area contributed by atoms with Crippen molar-refractivity contribution >= 4 is 5.91 Å². The third kappa shape index (κ3) is 2.54. The Morgan fingerprint density at radius 3 is 2.82 bits per heavy atom. The van der Waals surface area contributed by atoms with E-state index in [2.05, 4.69) is 0 Å². The lowest BCUT2D eigenvalue weighted by atomic mass is 10.0. The van der Waals surface area contributed by atoms with Crippen LogP contribution >= 0.6 is 0 Å². The van der Waals surface area contributed by atoms with Crippen molar-refractivity contribution < 1.29 is 18.7 Å². The zero-order valence-corrected chi connectivity index (χ0v) is 12.7. The molecule has 5 nitrogen and oxygen atoms in total. The van der Waals surface area contributed by atoms with Crippen LogP contribution < -0.4 is 9.47 Å². The zero-order chi connectivity index (χ0) is 15.5.